The fraction of sp³-hybridized carbons (Fsp3) is 0.500. The quantitative estimate of drug-likeness (QED) is 0.816. The molecule has 5 nitrogen and oxygen atoms in total. The second kappa shape index (κ2) is 4.29. The number of anilines is 2. The van der Waals surface area contributed by atoms with Crippen LogP contribution in [0.15, 0.2) is 18.2 Å². The minimum atomic E-state index is -2.84. The molecule has 0 aliphatic carbocycles. The number of hydrogen-bond donors (Lipinski definition) is 2. The lowest BCUT2D eigenvalue weighted by Gasteiger charge is -2.12. The van der Waals surface area contributed by atoms with Crippen molar-refractivity contribution >= 4 is 21.5 Å². The van der Waals surface area contributed by atoms with E-state index in [4.69, 9.17) is 0 Å². The summed E-state index contributed by atoms with van der Waals surface area (Å²) in [6.07, 6.45) is 0.661. The highest BCUT2D eigenvalue weighted by Crippen LogP contribution is 2.17. The Kier molecular flexibility index (Phi) is 3.00. The molecule has 0 bridgehead atoms. The van der Waals surface area contributed by atoms with Crippen molar-refractivity contribution < 1.29 is 8.42 Å². The van der Waals surface area contributed by atoms with Crippen LogP contribution >= 0.6 is 0 Å². The van der Waals surface area contributed by atoms with E-state index in [1.807, 2.05) is 18.2 Å². The van der Waals surface area contributed by atoms with Crippen molar-refractivity contribution in [1.29, 1.82) is 0 Å². The molecule has 0 spiro atoms. The monoisotopic (exact) mass is 241 g/mol. The Morgan fingerprint density at radius 1 is 1.38 bits per heavy atom. The van der Waals surface area contributed by atoms with Gasteiger partial charge < -0.3 is 10.6 Å². The van der Waals surface area contributed by atoms with E-state index in [9.17, 15) is 8.42 Å². The molecule has 2 rings (SSSR count). The predicted molar refractivity (Wildman–Crippen MR) is 64.5 cm³/mol. The van der Waals surface area contributed by atoms with Crippen LogP contribution in [-0.2, 0) is 9.84 Å². The predicted octanol–water partition coefficient (Wildman–Crippen LogP) is 0.722. The average molecular weight is 241 g/mol. The van der Waals surface area contributed by atoms with Crippen molar-refractivity contribution in [2.45, 2.75) is 12.5 Å². The zero-order valence-electron chi connectivity index (χ0n) is 9.10. The van der Waals surface area contributed by atoms with Crippen LogP contribution in [0.5, 0.6) is 0 Å². The van der Waals surface area contributed by atoms with Crippen LogP contribution in [0.25, 0.3) is 0 Å². The van der Waals surface area contributed by atoms with Crippen LogP contribution in [0.3, 0.4) is 0 Å². The number of nitrogens with one attached hydrogen (secondary N) is 2. The van der Waals surface area contributed by atoms with E-state index >= 15 is 0 Å². The Labute approximate surface area is 95.2 Å². The van der Waals surface area contributed by atoms with Gasteiger partial charge in [0.1, 0.15) is 11.6 Å². The Bertz CT molecular complexity index is 473. The highest BCUT2D eigenvalue weighted by Gasteiger charge is 2.27. The summed E-state index contributed by atoms with van der Waals surface area (Å²) in [7, 11) is -1.04. The third kappa shape index (κ3) is 2.63. The average Bonchev–Trinajstić information content (AvgIpc) is 2.58. The lowest BCUT2D eigenvalue weighted by Crippen LogP contribution is -2.21. The van der Waals surface area contributed by atoms with Gasteiger partial charge in [0.15, 0.2) is 9.84 Å². The highest BCUT2D eigenvalue weighted by atomic mass is 32.2. The molecule has 1 aliphatic heterocycles. The summed E-state index contributed by atoms with van der Waals surface area (Å²) in [5.74, 6) is 1.97. The first-order valence-electron chi connectivity index (χ1n) is 5.21. The molecule has 1 atom stereocenters. The molecule has 2 heterocycles. The summed E-state index contributed by atoms with van der Waals surface area (Å²) in [4.78, 5) is 4.29. The SMILES string of the molecule is CNc1cccc(NC2CCS(=O)(=O)C2)n1. The van der Waals surface area contributed by atoms with Crippen molar-refractivity contribution in [2.24, 2.45) is 0 Å². The molecule has 0 amide bonds. The van der Waals surface area contributed by atoms with Gasteiger partial charge in [-0.25, -0.2) is 13.4 Å². The molecular weight excluding hydrogens is 226 g/mol. The van der Waals surface area contributed by atoms with E-state index < -0.39 is 9.84 Å². The molecule has 1 aromatic rings. The van der Waals surface area contributed by atoms with E-state index in [0.717, 1.165) is 5.82 Å². The van der Waals surface area contributed by atoms with Crippen LogP contribution in [0.1, 0.15) is 6.42 Å². The molecule has 0 aromatic carbocycles. The van der Waals surface area contributed by atoms with E-state index in [-0.39, 0.29) is 17.5 Å². The maximum absolute atomic E-state index is 11.3. The molecule has 2 N–H and O–H groups in total. The van der Waals surface area contributed by atoms with Gasteiger partial charge in [0.25, 0.3) is 0 Å². The maximum Gasteiger partial charge on any atom is 0.152 e. The lowest BCUT2D eigenvalue weighted by atomic mass is 10.2. The van der Waals surface area contributed by atoms with Gasteiger partial charge >= 0.3 is 0 Å². The van der Waals surface area contributed by atoms with Crippen molar-refractivity contribution in [3.05, 3.63) is 18.2 Å². The highest BCUT2D eigenvalue weighted by molar-refractivity contribution is 7.91. The second-order valence-corrected chi connectivity index (χ2v) is 6.13. The van der Waals surface area contributed by atoms with E-state index in [1.165, 1.54) is 0 Å². The summed E-state index contributed by atoms with van der Waals surface area (Å²) < 4.78 is 22.6. The maximum atomic E-state index is 11.3. The largest absolute Gasteiger partial charge is 0.373 e. The summed E-state index contributed by atoms with van der Waals surface area (Å²) in [5.41, 5.74) is 0. The van der Waals surface area contributed by atoms with Crippen molar-refractivity contribution in [3.63, 3.8) is 0 Å². The van der Waals surface area contributed by atoms with Crippen LogP contribution in [0.4, 0.5) is 11.6 Å². The number of aromatic nitrogens is 1. The molecule has 0 radical (unpaired) electrons. The van der Waals surface area contributed by atoms with Gasteiger partial charge in [0.05, 0.1) is 11.5 Å². The third-order valence-electron chi connectivity index (χ3n) is 2.59. The van der Waals surface area contributed by atoms with Gasteiger partial charge in [-0.1, -0.05) is 6.07 Å². The Balaban J connectivity index is 2.04. The molecule has 1 aliphatic rings. The zero-order valence-corrected chi connectivity index (χ0v) is 9.92. The number of rotatable bonds is 3. The molecule has 88 valence electrons. The fourth-order valence-corrected chi connectivity index (χ4v) is 3.45. The Hall–Kier alpha value is -1.30. The minimum absolute atomic E-state index is 0.00962. The zero-order chi connectivity index (χ0) is 11.6. The molecule has 0 saturated carbocycles. The van der Waals surface area contributed by atoms with Gasteiger partial charge in [0, 0.05) is 13.1 Å². The first-order chi connectivity index (χ1) is 7.59. The van der Waals surface area contributed by atoms with E-state index in [0.29, 0.717) is 12.2 Å². The number of pyridine rings is 1. The lowest BCUT2D eigenvalue weighted by molar-refractivity contribution is 0.602. The number of hydrogen-bond acceptors (Lipinski definition) is 5. The van der Waals surface area contributed by atoms with Gasteiger partial charge in [0.2, 0.25) is 0 Å². The molecule has 16 heavy (non-hydrogen) atoms. The summed E-state index contributed by atoms with van der Waals surface area (Å²) >= 11 is 0. The summed E-state index contributed by atoms with van der Waals surface area (Å²) in [6.45, 7) is 0. The Morgan fingerprint density at radius 3 is 2.75 bits per heavy atom. The molecule has 1 aromatic heterocycles. The van der Waals surface area contributed by atoms with Gasteiger partial charge in [-0.3, -0.25) is 0 Å². The van der Waals surface area contributed by atoms with Crippen LogP contribution in [0.2, 0.25) is 0 Å². The van der Waals surface area contributed by atoms with Crippen molar-refractivity contribution in [3.8, 4) is 0 Å². The number of nitrogens with zero attached hydrogens (tertiary/aromatic N) is 1. The van der Waals surface area contributed by atoms with Crippen LogP contribution in [-0.4, -0.2) is 38.0 Å². The van der Waals surface area contributed by atoms with E-state index in [1.54, 1.807) is 7.05 Å². The third-order valence-corrected chi connectivity index (χ3v) is 4.36. The van der Waals surface area contributed by atoms with Gasteiger partial charge in [-0.05, 0) is 18.6 Å². The summed E-state index contributed by atoms with van der Waals surface area (Å²) in [5, 5.41) is 6.08. The summed E-state index contributed by atoms with van der Waals surface area (Å²) in [6, 6.07) is 5.57. The van der Waals surface area contributed by atoms with Crippen molar-refractivity contribution in [1.82, 2.24) is 4.98 Å². The molecular formula is C10H15N3O2S. The Morgan fingerprint density at radius 2 is 2.12 bits per heavy atom. The fourth-order valence-electron chi connectivity index (χ4n) is 1.77. The van der Waals surface area contributed by atoms with Crippen LogP contribution < -0.4 is 10.6 Å². The van der Waals surface area contributed by atoms with Gasteiger partial charge in [-0.2, -0.15) is 0 Å². The normalized spacial score (nSPS) is 22.9. The molecule has 1 fully saturated rings. The standard InChI is InChI=1S/C10H15N3O2S/c1-11-9-3-2-4-10(13-9)12-8-5-6-16(14,15)7-8/h2-4,8H,5-7H2,1H3,(H2,11,12,13). The first kappa shape index (κ1) is 11.2. The topological polar surface area (TPSA) is 71.1 Å². The van der Waals surface area contributed by atoms with Gasteiger partial charge in [-0.15, -0.1) is 0 Å². The molecule has 1 unspecified atom stereocenters. The van der Waals surface area contributed by atoms with E-state index in [2.05, 4.69) is 15.6 Å². The smallest absolute Gasteiger partial charge is 0.152 e. The second-order valence-electron chi connectivity index (χ2n) is 3.90. The molecule has 1 saturated heterocycles. The van der Waals surface area contributed by atoms with Crippen LogP contribution in [0, 0.1) is 0 Å². The molecule has 6 heteroatoms. The van der Waals surface area contributed by atoms with Crippen molar-refractivity contribution in [2.75, 3.05) is 29.2 Å². The minimum Gasteiger partial charge on any atom is -0.373 e. The number of sulfone groups is 1. The first-order valence-corrected chi connectivity index (χ1v) is 7.03.